The number of rotatable bonds is 5. The van der Waals surface area contributed by atoms with E-state index in [1.54, 1.807) is 18.2 Å². The summed E-state index contributed by atoms with van der Waals surface area (Å²) in [6.07, 6.45) is 0. The fourth-order valence-corrected chi connectivity index (χ4v) is 4.25. The van der Waals surface area contributed by atoms with Crippen molar-refractivity contribution in [3.8, 4) is 0 Å². The molecule has 2 aromatic rings. The first-order valence-corrected chi connectivity index (χ1v) is 8.61. The molecule has 0 aliphatic rings. The summed E-state index contributed by atoms with van der Waals surface area (Å²) in [5.74, 6) is -1.25. The Balaban J connectivity index is 2.22. The molecule has 0 aliphatic heterocycles. The number of carboxylic acids is 1. The Morgan fingerprint density at radius 3 is 2.65 bits per heavy atom. The van der Waals surface area contributed by atoms with Crippen LogP contribution in [0.2, 0.25) is 0 Å². The van der Waals surface area contributed by atoms with Crippen molar-refractivity contribution in [3.63, 3.8) is 0 Å². The van der Waals surface area contributed by atoms with E-state index in [1.165, 1.54) is 11.4 Å². The van der Waals surface area contributed by atoms with Gasteiger partial charge in [-0.1, -0.05) is 34.1 Å². The van der Waals surface area contributed by atoms with Gasteiger partial charge in [0.05, 0.1) is 0 Å². The number of thiophene rings is 1. The minimum atomic E-state index is -3.85. The minimum Gasteiger partial charge on any atom is -0.477 e. The number of nitrogens with one attached hydrogen (secondary N) is 1. The maximum atomic E-state index is 12.1. The lowest BCUT2D eigenvalue weighted by atomic mass is 10.2. The summed E-state index contributed by atoms with van der Waals surface area (Å²) in [5, 5.41) is 10.4. The first-order chi connectivity index (χ1) is 9.42. The highest BCUT2D eigenvalue weighted by molar-refractivity contribution is 9.10. The molecule has 2 N–H and O–H groups in total. The van der Waals surface area contributed by atoms with Crippen LogP contribution in [0, 0.1) is 0 Å². The van der Waals surface area contributed by atoms with Gasteiger partial charge in [-0.15, -0.1) is 11.3 Å². The number of halogens is 1. The molecule has 0 atom stereocenters. The summed E-state index contributed by atoms with van der Waals surface area (Å²) in [4.78, 5) is 10.6. The number of benzene rings is 1. The van der Waals surface area contributed by atoms with Crippen molar-refractivity contribution in [2.75, 3.05) is 0 Å². The zero-order valence-electron chi connectivity index (χ0n) is 10.0. The molecule has 5 nitrogen and oxygen atoms in total. The predicted octanol–water partition coefficient (Wildman–Crippen LogP) is 2.69. The molecule has 0 radical (unpaired) electrons. The quantitative estimate of drug-likeness (QED) is 0.841. The van der Waals surface area contributed by atoms with E-state index >= 15 is 0 Å². The van der Waals surface area contributed by atoms with Gasteiger partial charge in [-0.05, 0) is 23.1 Å². The lowest BCUT2D eigenvalue weighted by Gasteiger charge is -2.07. The molecule has 0 aliphatic carbocycles. The molecule has 0 amide bonds. The molecule has 0 spiro atoms. The van der Waals surface area contributed by atoms with E-state index in [9.17, 15) is 13.2 Å². The van der Waals surface area contributed by atoms with Crippen molar-refractivity contribution in [2.45, 2.75) is 11.4 Å². The molecule has 1 heterocycles. The summed E-state index contributed by atoms with van der Waals surface area (Å²) in [7, 11) is -3.85. The molecule has 106 valence electrons. The lowest BCUT2D eigenvalue weighted by molar-refractivity contribution is 0.0698. The van der Waals surface area contributed by atoms with Gasteiger partial charge in [-0.2, -0.15) is 0 Å². The van der Waals surface area contributed by atoms with Crippen LogP contribution in [0.5, 0.6) is 0 Å². The van der Waals surface area contributed by atoms with Gasteiger partial charge in [-0.25, -0.2) is 17.9 Å². The molecule has 20 heavy (non-hydrogen) atoms. The second-order valence-corrected chi connectivity index (χ2v) is 7.34. The van der Waals surface area contributed by atoms with Gasteiger partial charge in [-0.3, -0.25) is 0 Å². The van der Waals surface area contributed by atoms with E-state index in [0.29, 0.717) is 0 Å². The van der Waals surface area contributed by atoms with E-state index in [1.807, 2.05) is 6.07 Å². The van der Waals surface area contributed by atoms with Crippen molar-refractivity contribution in [1.29, 1.82) is 0 Å². The molecule has 0 bridgehead atoms. The van der Waals surface area contributed by atoms with Gasteiger partial charge in [0.2, 0.25) is 10.0 Å². The molecule has 1 aromatic heterocycles. The highest BCUT2D eigenvalue weighted by Gasteiger charge is 2.23. The van der Waals surface area contributed by atoms with Crippen LogP contribution in [-0.4, -0.2) is 19.5 Å². The fraction of sp³-hybridized carbons (Fsp3) is 0.0833. The van der Waals surface area contributed by atoms with Crippen LogP contribution in [-0.2, 0) is 16.6 Å². The molecular formula is C12H10BrNO4S2. The van der Waals surface area contributed by atoms with E-state index < -0.39 is 16.0 Å². The molecule has 0 saturated carbocycles. The number of carbonyl (C=O) groups is 1. The summed E-state index contributed by atoms with van der Waals surface area (Å²) in [6.45, 7) is 0.0820. The molecule has 0 saturated heterocycles. The van der Waals surface area contributed by atoms with Crippen molar-refractivity contribution in [2.24, 2.45) is 0 Å². The normalized spacial score (nSPS) is 11.4. The Kier molecular flexibility index (Phi) is 4.59. The Labute approximate surface area is 128 Å². The smallest absolute Gasteiger partial charge is 0.347 e. The highest BCUT2D eigenvalue weighted by Crippen LogP contribution is 2.22. The third-order valence-corrected chi connectivity index (χ3v) is 5.77. The fourth-order valence-electron chi connectivity index (χ4n) is 1.56. The van der Waals surface area contributed by atoms with Crippen LogP contribution in [0.15, 0.2) is 45.1 Å². The van der Waals surface area contributed by atoms with Gasteiger partial charge in [0, 0.05) is 11.0 Å². The topological polar surface area (TPSA) is 83.5 Å². The molecule has 0 fully saturated rings. The van der Waals surface area contributed by atoms with Gasteiger partial charge in [0.15, 0.2) is 0 Å². The SMILES string of the molecule is O=C(O)c1sccc1S(=O)(=O)NCc1ccccc1Br. The van der Waals surface area contributed by atoms with Crippen LogP contribution in [0.1, 0.15) is 15.2 Å². The van der Waals surface area contributed by atoms with E-state index in [2.05, 4.69) is 20.7 Å². The largest absolute Gasteiger partial charge is 0.477 e. The number of hydrogen-bond acceptors (Lipinski definition) is 4. The molecule has 0 unspecified atom stereocenters. The average Bonchev–Trinajstić information content (AvgIpc) is 2.88. The Hall–Kier alpha value is -1.22. The van der Waals surface area contributed by atoms with Crippen LogP contribution in [0.25, 0.3) is 0 Å². The number of sulfonamides is 1. The summed E-state index contributed by atoms with van der Waals surface area (Å²) in [6, 6.07) is 8.48. The maximum absolute atomic E-state index is 12.1. The van der Waals surface area contributed by atoms with Crippen molar-refractivity contribution in [1.82, 2.24) is 4.72 Å². The Morgan fingerprint density at radius 2 is 2.00 bits per heavy atom. The van der Waals surface area contributed by atoms with Gasteiger partial charge in [0.1, 0.15) is 9.77 Å². The predicted molar refractivity (Wildman–Crippen MR) is 79.4 cm³/mol. The van der Waals surface area contributed by atoms with Crippen LogP contribution in [0.4, 0.5) is 0 Å². The number of hydrogen-bond donors (Lipinski definition) is 2. The maximum Gasteiger partial charge on any atom is 0.347 e. The monoisotopic (exact) mass is 375 g/mol. The first kappa shape index (κ1) is 15.2. The van der Waals surface area contributed by atoms with Crippen LogP contribution >= 0.6 is 27.3 Å². The Morgan fingerprint density at radius 1 is 1.30 bits per heavy atom. The zero-order chi connectivity index (χ0) is 14.8. The van der Waals surface area contributed by atoms with Gasteiger partial charge in [0.25, 0.3) is 0 Å². The van der Waals surface area contributed by atoms with Crippen LogP contribution < -0.4 is 4.72 Å². The van der Waals surface area contributed by atoms with E-state index in [-0.39, 0.29) is 16.3 Å². The molecule has 1 aromatic carbocycles. The third-order valence-electron chi connectivity index (χ3n) is 2.52. The van der Waals surface area contributed by atoms with E-state index in [0.717, 1.165) is 21.4 Å². The zero-order valence-corrected chi connectivity index (χ0v) is 13.3. The van der Waals surface area contributed by atoms with Gasteiger partial charge < -0.3 is 5.11 Å². The van der Waals surface area contributed by atoms with E-state index in [4.69, 9.17) is 5.11 Å². The van der Waals surface area contributed by atoms with Crippen molar-refractivity contribution >= 4 is 43.3 Å². The number of aromatic carboxylic acids is 1. The number of carboxylic acid groups (broad SMARTS) is 1. The van der Waals surface area contributed by atoms with Crippen molar-refractivity contribution < 1.29 is 18.3 Å². The molecule has 2 rings (SSSR count). The standard InChI is InChI=1S/C12H10BrNO4S2/c13-9-4-2-1-3-8(9)7-14-20(17,18)10-5-6-19-11(10)12(15)16/h1-6,14H,7H2,(H,15,16). The summed E-state index contributed by atoms with van der Waals surface area (Å²) < 4.78 is 27.4. The first-order valence-electron chi connectivity index (χ1n) is 5.45. The lowest BCUT2D eigenvalue weighted by Crippen LogP contribution is -2.24. The summed E-state index contributed by atoms with van der Waals surface area (Å²) in [5.41, 5.74) is 0.767. The third kappa shape index (κ3) is 3.26. The Bertz CT molecular complexity index is 739. The highest BCUT2D eigenvalue weighted by atomic mass is 79.9. The molecule has 8 heteroatoms. The van der Waals surface area contributed by atoms with Crippen molar-refractivity contribution in [3.05, 3.63) is 50.6 Å². The molecular weight excluding hydrogens is 366 g/mol. The second-order valence-electron chi connectivity index (χ2n) is 3.84. The van der Waals surface area contributed by atoms with Crippen LogP contribution in [0.3, 0.4) is 0 Å². The summed E-state index contributed by atoms with van der Waals surface area (Å²) >= 11 is 4.20. The second kappa shape index (κ2) is 6.04. The average molecular weight is 376 g/mol. The minimum absolute atomic E-state index is 0.0820. The van der Waals surface area contributed by atoms with Gasteiger partial charge >= 0.3 is 5.97 Å².